The molecule has 0 saturated heterocycles. The van der Waals surface area contributed by atoms with Gasteiger partial charge in [-0.2, -0.15) is 0 Å². The molecule has 1 fully saturated rings. The molecule has 0 atom stereocenters. The van der Waals surface area contributed by atoms with Gasteiger partial charge in [0.25, 0.3) is 0 Å². The zero-order valence-corrected chi connectivity index (χ0v) is 13.2. The summed E-state index contributed by atoms with van der Waals surface area (Å²) in [6, 6.07) is 14.1. The molecule has 0 amide bonds. The van der Waals surface area contributed by atoms with E-state index in [2.05, 4.69) is 31.2 Å². The van der Waals surface area contributed by atoms with Crippen molar-refractivity contribution in [3.63, 3.8) is 0 Å². The van der Waals surface area contributed by atoms with Crippen molar-refractivity contribution in [2.24, 2.45) is 0 Å². The number of hydrogen-bond acceptors (Lipinski definition) is 2. The van der Waals surface area contributed by atoms with E-state index in [-0.39, 0.29) is 16.9 Å². The van der Waals surface area contributed by atoms with Gasteiger partial charge in [0.05, 0.1) is 0 Å². The molecule has 0 aliphatic heterocycles. The van der Waals surface area contributed by atoms with Crippen LogP contribution in [0.3, 0.4) is 0 Å². The lowest BCUT2D eigenvalue weighted by molar-refractivity contribution is 0.397. The van der Waals surface area contributed by atoms with E-state index in [9.17, 15) is 10.2 Å². The maximum atomic E-state index is 9.96. The normalized spacial score (nSPS) is 17.9. The van der Waals surface area contributed by atoms with Crippen LogP contribution in [-0.2, 0) is 5.41 Å². The van der Waals surface area contributed by atoms with Gasteiger partial charge >= 0.3 is 0 Å². The summed E-state index contributed by atoms with van der Waals surface area (Å²) in [6.45, 7) is 2.11. The van der Waals surface area contributed by atoms with Crippen LogP contribution < -0.4 is 0 Å². The van der Waals surface area contributed by atoms with Crippen LogP contribution in [0.15, 0.2) is 42.5 Å². The van der Waals surface area contributed by atoms with Gasteiger partial charge in [-0.1, -0.05) is 61.6 Å². The first kappa shape index (κ1) is 15.0. The first-order valence-electron chi connectivity index (χ1n) is 8.21. The first-order valence-corrected chi connectivity index (χ1v) is 8.21. The van der Waals surface area contributed by atoms with Crippen LogP contribution >= 0.6 is 0 Å². The third-order valence-corrected chi connectivity index (χ3v) is 5.09. The van der Waals surface area contributed by atoms with Crippen LogP contribution in [-0.4, -0.2) is 10.2 Å². The third-order valence-electron chi connectivity index (χ3n) is 5.09. The Hall–Kier alpha value is -1.96. The van der Waals surface area contributed by atoms with Crippen LogP contribution in [0.5, 0.6) is 11.5 Å². The van der Waals surface area contributed by atoms with E-state index < -0.39 is 0 Å². The summed E-state index contributed by atoms with van der Waals surface area (Å²) in [7, 11) is 0. The molecule has 1 aliphatic rings. The van der Waals surface area contributed by atoms with E-state index in [1.165, 1.54) is 36.8 Å². The minimum atomic E-state index is -0.0462. The van der Waals surface area contributed by atoms with Crippen molar-refractivity contribution in [1.82, 2.24) is 0 Å². The summed E-state index contributed by atoms with van der Waals surface area (Å²) in [5.74, 6) is -0.0651. The summed E-state index contributed by atoms with van der Waals surface area (Å²) < 4.78 is 0. The smallest absolute Gasteiger partial charge is 0.157 e. The lowest BCUT2D eigenvalue weighted by Gasteiger charge is -2.34. The van der Waals surface area contributed by atoms with E-state index >= 15 is 0 Å². The van der Waals surface area contributed by atoms with Gasteiger partial charge in [-0.3, -0.25) is 0 Å². The molecule has 2 N–H and O–H groups in total. The van der Waals surface area contributed by atoms with Crippen molar-refractivity contribution in [2.45, 2.75) is 50.9 Å². The average Bonchev–Trinajstić information content (AvgIpc) is 2.77. The summed E-state index contributed by atoms with van der Waals surface area (Å²) in [5.41, 5.74) is 3.66. The summed E-state index contributed by atoms with van der Waals surface area (Å²) in [4.78, 5) is 0. The van der Waals surface area contributed by atoms with Crippen molar-refractivity contribution in [3.8, 4) is 11.5 Å². The molecule has 0 aromatic heterocycles. The van der Waals surface area contributed by atoms with Crippen LogP contribution in [0.25, 0.3) is 0 Å². The van der Waals surface area contributed by atoms with Crippen molar-refractivity contribution >= 4 is 0 Å². The Labute approximate surface area is 132 Å². The Balaban J connectivity index is 2.13. The highest BCUT2D eigenvalue weighted by molar-refractivity contribution is 5.48. The number of aromatic hydroxyl groups is 2. The monoisotopic (exact) mass is 296 g/mol. The molecular weight excluding hydrogens is 272 g/mol. The summed E-state index contributed by atoms with van der Waals surface area (Å²) in [5, 5.41) is 19.6. The molecule has 3 rings (SSSR count). The predicted octanol–water partition coefficient (Wildman–Crippen LogP) is 5.05. The minimum Gasteiger partial charge on any atom is -0.504 e. The molecule has 2 heteroatoms. The number of phenolic OH excluding ortho intramolecular Hbond substituents is 2. The standard InChI is InChI=1S/C20H24O2/c1-15-6-8-16(9-7-15)20(12-4-2-3-5-13-20)17-10-11-18(21)19(22)14-17/h6-11,14,21-22H,2-5,12-13H2,1H3. The predicted molar refractivity (Wildman–Crippen MR) is 89.4 cm³/mol. The van der Waals surface area contributed by atoms with E-state index in [4.69, 9.17) is 0 Å². The molecule has 0 unspecified atom stereocenters. The summed E-state index contributed by atoms with van der Waals surface area (Å²) in [6.07, 6.45) is 7.15. The fourth-order valence-electron chi connectivity index (χ4n) is 3.77. The molecular formula is C20H24O2. The molecule has 0 heterocycles. The Morgan fingerprint density at radius 1 is 0.727 bits per heavy atom. The number of aryl methyl sites for hydroxylation is 1. The zero-order valence-electron chi connectivity index (χ0n) is 13.2. The molecule has 0 radical (unpaired) electrons. The molecule has 2 nitrogen and oxygen atoms in total. The van der Waals surface area contributed by atoms with Gasteiger partial charge in [-0.15, -0.1) is 0 Å². The number of hydrogen-bond donors (Lipinski definition) is 2. The molecule has 22 heavy (non-hydrogen) atoms. The van der Waals surface area contributed by atoms with Gasteiger partial charge in [-0.05, 0) is 43.0 Å². The van der Waals surface area contributed by atoms with Crippen LogP contribution in [0.1, 0.15) is 55.2 Å². The topological polar surface area (TPSA) is 40.5 Å². The van der Waals surface area contributed by atoms with Gasteiger partial charge in [-0.25, -0.2) is 0 Å². The SMILES string of the molecule is Cc1ccc(C2(c3ccc(O)c(O)c3)CCCCCC2)cc1. The Morgan fingerprint density at radius 3 is 1.91 bits per heavy atom. The second-order valence-corrected chi connectivity index (χ2v) is 6.57. The van der Waals surface area contributed by atoms with Gasteiger partial charge in [0.2, 0.25) is 0 Å². The molecule has 2 aromatic carbocycles. The lowest BCUT2D eigenvalue weighted by atomic mass is 9.69. The zero-order chi connectivity index (χ0) is 15.6. The Kier molecular flexibility index (Phi) is 4.10. The fraction of sp³-hybridized carbons (Fsp3) is 0.400. The van der Waals surface area contributed by atoms with Crippen molar-refractivity contribution in [2.75, 3.05) is 0 Å². The van der Waals surface area contributed by atoms with Gasteiger partial charge in [0.15, 0.2) is 11.5 Å². The quantitative estimate of drug-likeness (QED) is 0.601. The van der Waals surface area contributed by atoms with E-state index in [1.807, 2.05) is 6.07 Å². The average molecular weight is 296 g/mol. The van der Waals surface area contributed by atoms with Crippen LogP contribution in [0.2, 0.25) is 0 Å². The summed E-state index contributed by atoms with van der Waals surface area (Å²) >= 11 is 0. The van der Waals surface area contributed by atoms with E-state index in [1.54, 1.807) is 12.1 Å². The molecule has 116 valence electrons. The minimum absolute atomic E-state index is 0.0202. The largest absolute Gasteiger partial charge is 0.504 e. The first-order chi connectivity index (χ1) is 10.6. The number of benzene rings is 2. The van der Waals surface area contributed by atoms with Gasteiger partial charge in [0.1, 0.15) is 0 Å². The highest BCUT2D eigenvalue weighted by atomic mass is 16.3. The highest BCUT2D eigenvalue weighted by Crippen LogP contribution is 2.45. The maximum Gasteiger partial charge on any atom is 0.157 e. The van der Waals surface area contributed by atoms with Crippen molar-refractivity contribution < 1.29 is 10.2 Å². The third kappa shape index (κ3) is 2.70. The fourth-order valence-corrected chi connectivity index (χ4v) is 3.77. The highest BCUT2D eigenvalue weighted by Gasteiger charge is 2.35. The van der Waals surface area contributed by atoms with Crippen molar-refractivity contribution in [1.29, 1.82) is 0 Å². The Morgan fingerprint density at radius 2 is 1.32 bits per heavy atom. The maximum absolute atomic E-state index is 9.96. The second kappa shape index (κ2) is 6.04. The van der Waals surface area contributed by atoms with E-state index in [0.717, 1.165) is 18.4 Å². The van der Waals surface area contributed by atoms with Crippen LogP contribution in [0, 0.1) is 6.92 Å². The second-order valence-electron chi connectivity index (χ2n) is 6.57. The molecule has 0 spiro atoms. The molecule has 2 aromatic rings. The van der Waals surface area contributed by atoms with Gasteiger partial charge < -0.3 is 10.2 Å². The van der Waals surface area contributed by atoms with Crippen LogP contribution in [0.4, 0.5) is 0 Å². The molecule has 1 aliphatic carbocycles. The van der Waals surface area contributed by atoms with E-state index in [0.29, 0.717) is 0 Å². The van der Waals surface area contributed by atoms with Crippen molar-refractivity contribution in [3.05, 3.63) is 59.2 Å². The number of rotatable bonds is 2. The van der Waals surface area contributed by atoms with Gasteiger partial charge in [0, 0.05) is 5.41 Å². The Bertz CT molecular complexity index is 635. The molecule has 1 saturated carbocycles. The lowest BCUT2D eigenvalue weighted by Crippen LogP contribution is -2.27. The molecule has 0 bridgehead atoms. The number of phenols is 2.